The van der Waals surface area contributed by atoms with Crippen molar-refractivity contribution >= 4 is 17.6 Å². The Labute approximate surface area is 175 Å². The average molecular weight is 413 g/mol. The van der Waals surface area contributed by atoms with Crippen LogP contribution in [0, 0.1) is 0 Å². The molecule has 8 nitrogen and oxygen atoms in total. The lowest BCUT2D eigenvalue weighted by atomic mass is 10.1. The average Bonchev–Trinajstić information content (AvgIpc) is 3.23. The summed E-state index contributed by atoms with van der Waals surface area (Å²) in [6.07, 6.45) is 0. The molecule has 2 aromatic rings. The molecule has 0 saturated carbocycles. The Morgan fingerprint density at radius 2 is 1.67 bits per heavy atom. The molecule has 30 heavy (non-hydrogen) atoms. The van der Waals surface area contributed by atoms with E-state index in [4.69, 9.17) is 9.47 Å². The Balaban J connectivity index is 1.21. The predicted molar refractivity (Wildman–Crippen MR) is 109 cm³/mol. The number of esters is 1. The van der Waals surface area contributed by atoms with E-state index in [1.807, 2.05) is 6.07 Å². The third-order valence-electron chi connectivity index (χ3n) is 5.56. The van der Waals surface area contributed by atoms with Gasteiger partial charge in [0.15, 0.2) is 18.0 Å². The lowest BCUT2D eigenvalue weighted by molar-refractivity contribution is -1.02. The number of benzene rings is 2. The van der Waals surface area contributed by atoms with Gasteiger partial charge in [-0.15, -0.1) is 0 Å². The highest BCUT2D eigenvalue weighted by Gasteiger charge is 2.25. The number of ether oxygens (including phenoxy) is 3. The number of anilines is 1. The number of methoxy groups -OCH3 is 1. The van der Waals surface area contributed by atoms with E-state index in [-0.39, 0.29) is 5.91 Å². The van der Waals surface area contributed by atoms with E-state index in [1.165, 1.54) is 22.5 Å². The van der Waals surface area contributed by atoms with E-state index < -0.39 is 5.97 Å². The lowest BCUT2D eigenvalue weighted by Crippen LogP contribution is -3.28. The molecule has 158 valence electrons. The first-order chi connectivity index (χ1) is 14.6. The molecule has 8 heteroatoms. The van der Waals surface area contributed by atoms with Gasteiger partial charge in [0.05, 0.1) is 12.7 Å². The van der Waals surface area contributed by atoms with Gasteiger partial charge in [-0.2, -0.15) is 0 Å². The lowest BCUT2D eigenvalue weighted by Gasteiger charge is -2.29. The summed E-state index contributed by atoms with van der Waals surface area (Å²) in [5, 5.41) is 2.90. The molecule has 0 spiro atoms. The fourth-order valence-corrected chi connectivity index (χ4v) is 3.89. The van der Waals surface area contributed by atoms with Crippen LogP contribution in [-0.2, 0) is 16.1 Å². The molecule has 0 aliphatic carbocycles. The normalized spacial score (nSPS) is 19.9. The van der Waals surface area contributed by atoms with E-state index >= 15 is 0 Å². The number of hydrogen-bond acceptors (Lipinski definition) is 5. The maximum atomic E-state index is 12.4. The van der Waals surface area contributed by atoms with Crippen molar-refractivity contribution in [2.24, 2.45) is 0 Å². The van der Waals surface area contributed by atoms with Gasteiger partial charge < -0.3 is 29.3 Å². The van der Waals surface area contributed by atoms with Gasteiger partial charge >= 0.3 is 5.97 Å². The van der Waals surface area contributed by atoms with Crippen LogP contribution in [0.4, 0.5) is 5.69 Å². The van der Waals surface area contributed by atoms with Crippen molar-refractivity contribution in [1.29, 1.82) is 0 Å². The summed E-state index contributed by atoms with van der Waals surface area (Å²) in [6, 6.07) is 12.9. The van der Waals surface area contributed by atoms with Crippen LogP contribution in [0.3, 0.4) is 0 Å². The molecule has 1 fully saturated rings. The highest BCUT2D eigenvalue weighted by atomic mass is 16.7. The smallest absolute Gasteiger partial charge is 0.337 e. The highest BCUT2D eigenvalue weighted by molar-refractivity contribution is 5.93. The number of carbonyl (C=O) groups is 2. The second kappa shape index (κ2) is 9.15. The molecule has 0 unspecified atom stereocenters. The first kappa shape index (κ1) is 20.2. The first-order valence-corrected chi connectivity index (χ1v) is 10.1. The largest absolute Gasteiger partial charge is 0.465 e. The minimum atomic E-state index is -0.390. The van der Waals surface area contributed by atoms with Crippen molar-refractivity contribution in [2.75, 3.05) is 51.9 Å². The van der Waals surface area contributed by atoms with Crippen molar-refractivity contribution in [3.05, 3.63) is 53.6 Å². The summed E-state index contributed by atoms with van der Waals surface area (Å²) >= 11 is 0. The Kier molecular flexibility index (Phi) is 6.15. The fourth-order valence-electron chi connectivity index (χ4n) is 3.89. The molecule has 0 aromatic heterocycles. The quantitative estimate of drug-likeness (QED) is 0.536. The van der Waals surface area contributed by atoms with E-state index in [0.29, 0.717) is 24.6 Å². The molecule has 2 aliphatic heterocycles. The minimum absolute atomic E-state index is 0.0185. The van der Waals surface area contributed by atoms with Crippen LogP contribution in [-0.4, -0.2) is 58.5 Å². The third-order valence-corrected chi connectivity index (χ3v) is 5.56. The number of fused-ring (bicyclic) bond motifs is 1. The molecule has 0 radical (unpaired) electrons. The summed E-state index contributed by atoms with van der Waals surface area (Å²) in [4.78, 5) is 26.7. The van der Waals surface area contributed by atoms with E-state index in [9.17, 15) is 9.59 Å². The van der Waals surface area contributed by atoms with Gasteiger partial charge in [-0.25, -0.2) is 4.79 Å². The number of quaternary nitrogens is 2. The molecule has 0 atom stereocenters. The van der Waals surface area contributed by atoms with Gasteiger partial charge in [-0.1, -0.05) is 0 Å². The monoisotopic (exact) mass is 413 g/mol. The van der Waals surface area contributed by atoms with Crippen molar-refractivity contribution < 1.29 is 33.6 Å². The van der Waals surface area contributed by atoms with Crippen molar-refractivity contribution in [1.82, 2.24) is 0 Å². The molecule has 1 amide bonds. The van der Waals surface area contributed by atoms with Gasteiger partial charge in [0.1, 0.15) is 32.7 Å². The summed E-state index contributed by atoms with van der Waals surface area (Å²) in [5.74, 6) is 1.23. The van der Waals surface area contributed by atoms with Gasteiger partial charge in [0.25, 0.3) is 5.91 Å². The first-order valence-electron chi connectivity index (χ1n) is 10.1. The van der Waals surface area contributed by atoms with Crippen LogP contribution in [0.1, 0.15) is 15.9 Å². The summed E-state index contributed by atoms with van der Waals surface area (Å²) in [6.45, 7) is 5.63. The Bertz CT molecular complexity index is 907. The maximum absolute atomic E-state index is 12.4. The second-order valence-electron chi connectivity index (χ2n) is 7.66. The van der Waals surface area contributed by atoms with Gasteiger partial charge in [0, 0.05) is 11.3 Å². The van der Waals surface area contributed by atoms with E-state index in [0.717, 1.165) is 44.2 Å². The second-order valence-corrected chi connectivity index (χ2v) is 7.66. The molecule has 2 aromatic carbocycles. The van der Waals surface area contributed by atoms with Crippen LogP contribution in [0.5, 0.6) is 11.5 Å². The van der Waals surface area contributed by atoms with Crippen LogP contribution in [0.25, 0.3) is 0 Å². The zero-order valence-corrected chi connectivity index (χ0v) is 17.0. The minimum Gasteiger partial charge on any atom is -0.465 e. The Hall–Kier alpha value is -3.10. The zero-order valence-electron chi connectivity index (χ0n) is 17.0. The molecular formula is C22H27N3O5+2. The molecule has 3 N–H and O–H groups in total. The number of nitrogens with one attached hydrogen (secondary N) is 3. The topological polar surface area (TPSA) is 82.7 Å². The number of hydrogen-bond donors (Lipinski definition) is 3. The Morgan fingerprint density at radius 1 is 0.967 bits per heavy atom. The maximum Gasteiger partial charge on any atom is 0.337 e. The van der Waals surface area contributed by atoms with Gasteiger partial charge in [0.2, 0.25) is 6.79 Å². The molecule has 0 bridgehead atoms. The van der Waals surface area contributed by atoms with Crippen LogP contribution < -0.4 is 24.6 Å². The highest BCUT2D eigenvalue weighted by Crippen LogP contribution is 2.32. The third kappa shape index (κ3) is 4.90. The van der Waals surface area contributed by atoms with Gasteiger partial charge in [-0.05, 0) is 42.5 Å². The number of piperazine rings is 1. The molecule has 2 heterocycles. The SMILES string of the molecule is COC(=O)c1ccc(NC(=O)C[NH+]2CC[NH+](Cc3ccc4c(c3)OCO4)CC2)cc1. The summed E-state index contributed by atoms with van der Waals surface area (Å²) in [5.41, 5.74) is 2.38. The van der Waals surface area contributed by atoms with Crippen molar-refractivity contribution in [3.63, 3.8) is 0 Å². The standard InChI is InChI=1S/C22H25N3O5/c1-28-22(27)17-3-5-18(6-4-17)23-21(26)14-25-10-8-24(9-11-25)13-16-2-7-19-20(12-16)30-15-29-19/h2-7,12H,8-11,13-15H2,1H3,(H,23,26)/p+2. The zero-order chi connectivity index (χ0) is 20.9. The Morgan fingerprint density at radius 3 is 2.40 bits per heavy atom. The van der Waals surface area contributed by atoms with Crippen LogP contribution in [0.2, 0.25) is 0 Å². The molecule has 2 aliphatic rings. The molecule has 1 saturated heterocycles. The summed E-state index contributed by atoms with van der Waals surface area (Å²) < 4.78 is 15.5. The molecular weight excluding hydrogens is 386 g/mol. The van der Waals surface area contributed by atoms with Crippen molar-refractivity contribution in [2.45, 2.75) is 6.54 Å². The van der Waals surface area contributed by atoms with E-state index in [2.05, 4.69) is 22.2 Å². The molecule has 4 rings (SSSR count). The van der Waals surface area contributed by atoms with Gasteiger partial charge in [-0.3, -0.25) is 4.79 Å². The fraction of sp³-hybridized carbons (Fsp3) is 0.364. The summed E-state index contributed by atoms with van der Waals surface area (Å²) in [7, 11) is 1.34. The predicted octanol–water partition coefficient (Wildman–Crippen LogP) is -0.876. The van der Waals surface area contributed by atoms with Crippen LogP contribution in [0.15, 0.2) is 42.5 Å². The van der Waals surface area contributed by atoms with Crippen LogP contribution >= 0.6 is 0 Å². The number of rotatable bonds is 6. The number of amides is 1. The number of carbonyl (C=O) groups excluding carboxylic acids is 2. The van der Waals surface area contributed by atoms with E-state index in [1.54, 1.807) is 24.3 Å². The van der Waals surface area contributed by atoms with Crippen molar-refractivity contribution in [3.8, 4) is 11.5 Å².